The molecule has 0 aliphatic rings. The first-order chi connectivity index (χ1) is 9.49. The average molecular weight is 335 g/mol. The van der Waals surface area contributed by atoms with Crippen LogP contribution in [0.3, 0.4) is 0 Å². The van der Waals surface area contributed by atoms with Gasteiger partial charge < -0.3 is 15.4 Å². The molecule has 0 spiro atoms. The number of rotatable bonds is 8. The number of nitrogens with zero attached hydrogens (tertiary/aromatic N) is 1. The van der Waals surface area contributed by atoms with Gasteiger partial charge in [-0.2, -0.15) is 0 Å². The number of carbonyl (C=O) groups excluding carboxylic acids is 1. The summed E-state index contributed by atoms with van der Waals surface area (Å²) in [7, 11) is 1.81. The first kappa shape index (κ1) is 20.0. The molecular weight excluding hydrogens is 311 g/mol. The van der Waals surface area contributed by atoms with E-state index in [1.807, 2.05) is 26.1 Å². The van der Waals surface area contributed by atoms with Crippen LogP contribution in [0.5, 0.6) is 5.75 Å². The predicted molar refractivity (Wildman–Crippen MR) is 89.3 cm³/mol. The third-order valence-corrected chi connectivity index (χ3v) is 3.21. The molecule has 4 nitrogen and oxygen atoms in total. The summed E-state index contributed by atoms with van der Waals surface area (Å²) < 4.78 is 5.57. The summed E-state index contributed by atoms with van der Waals surface area (Å²) in [5.41, 5.74) is 5.64. The SMILES string of the molecule is CC(N)CCC(=O)N(C)CCCOc1ccc(Cl)cc1.Cl. The zero-order valence-electron chi connectivity index (χ0n) is 12.5. The molecule has 0 heterocycles. The lowest BCUT2D eigenvalue weighted by molar-refractivity contribution is -0.130. The van der Waals surface area contributed by atoms with E-state index in [4.69, 9.17) is 22.1 Å². The molecule has 1 atom stereocenters. The minimum absolute atomic E-state index is 0. The van der Waals surface area contributed by atoms with Crippen molar-refractivity contribution in [3.63, 3.8) is 0 Å². The fourth-order valence-corrected chi connectivity index (χ4v) is 1.82. The molecule has 0 aromatic heterocycles. The summed E-state index contributed by atoms with van der Waals surface area (Å²) in [6.45, 7) is 3.17. The number of carbonyl (C=O) groups is 1. The Bertz CT molecular complexity index is 411. The molecule has 0 saturated heterocycles. The second kappa shape index (κ2) is 10.7. The molecule has 1 unspecified atom stereocenters. The maximum Gasteiger partial charge on any atom is 0.222 e. The van der Waals surface area contributed by atoms with Gasteiger partial charge in [-0.3, -0.25) is 4.79 Å². The highest BCUT2D eigenvalue weighted by atomic mass is 35.5. The molecule has 0 saturated carbocycles. The van der Waals surface area contributed by atoms with Gasteiger partial charge in [-0.25, -0.2) is 0 Å². The van der Waals surface area contributed by atoms with Gasteiger partial charge in [0.1, 0.15) is 5.75 Å². The predicted octanol–water partition coefficient (Wildman–Crippen LogP) is 3.12. The molecule has 0 aliphatic heterocycles. The standard InChI is InChI=1S/C15H23ClN2O2.ClH/c1-12(17)4-9-15(19)18(2)10-3-11-20-14-7-5-13(16)6-8-14;/h5-8,12H,3-4,9-11,17H2,1-2H3;1H. The Balaban J connectivity index is 0.00000400. The molecule has 21 heavy (non-hydrogen) atoms. The van der Waals surface area contributed by atoms with Crippen LogP contribution in [0.25, 0.3) is 0 Å². The van der Waals surface area contributed by atoms with Crippen molar-refractivity contribution in [1.82, 2.24) is 4.90 Å². The van der Waals surface area contributed by atoms with Crippen molar-refractivity contribution in [2.24, 2.45) is 5.73 Å². The lowest BCUT2D eigenvalue weighted by atomic mass is 10.2. The number of nitrogens with two attached hydrogens (primary N) is 1. The fourth-order valence-electron chi connectivity index (χ4n) is 1.69. The third kappa shape index (κ3) is 8.81. The number of benzene rings is 1. The summed E-state index contributed by atoms with van der Waals surface area (Å²) in [4.78, 5) is 13.5. The number of amides is 1. The molecule has 2 N–H and O–H groups in total. The van der Waals surface area contributed by atoms with Crippen LogP contribution >= 0.6 is 24.0 Å². The second-order valence-electron chi connectivity index (χ2n) is 4.99. The first-order valence-corrected chi connectivity index (χ1v) is 7.24. The fraction of sp³-hybridized carbons (Fsp3) is 0.533. The van der Waals surface area contributed by atoms with E-state index in [9.17, 15) is 4.79 Å². The largest absolute Gasteiger partial charge is 0.494 e. The number of halogens is 2. The van der Waals surface area contributed by atoms with Gasteiger partial charge in [0.15, 0.2) is 0 Å². The van der Waals surface area contributed by atoms with Crippen LogP contribution in [-0.2, 0) is 4.79 Å². The average Bonchev–Trinajstić information content (AvgIpc) is 2.42. The van der Waals surface area contributed by atoms with E-state index < -0.39 is 0 Å². The van der Waals surface area contributed by atoms with Gasteiger partial charge in [-0.15, -0.1) is 12.4 Å². The molecule has 0 bridgehead atoms. The quantitative estimate of drug-likeness (QED) is 0.743. The van der Waals surface area contributed by atoms with Crippen molar-refractivity contribution in [1.29, 1.82) is 0 Å². The smallest absolute Gasteiger partial charge is 0.222 e. The van der Waals surface area contributed by atoms with E-state index in [1.54, 1.807) is 17.0 Å². The van der Waals surface area contributed by atoms with E-state index in [2.05, 4.69) is 0 Å². The Labute approximate surface area is 138 Å². The van der Waals surface area contributed by atoms with E-state index in [1.165, 1.54) is 0 Å². The highest BCUT2D eigenvalue weighted by Crippen LogP contribution is 2.15. The maximum absolute atomic E-state index is 11.8. The highest BCUT2D eigenvalue weighted by Gasteiger charge is 2.09. The highest BCUT2D eigenvalue weighted by molar-refractivity contribution is 6.30. The Morgan fingerprint density at radius 1 is 1.38 bits per heavy atom. The molecule has 6 heteroatoms. The van der Waals surface area contributed by atoms with Crippen LogP contribution in [0.15, 0.2) is 24.3 Å². The topological polar surface area (TPSA) is 55.6 Å². The lowest BCUT2D eigenvalue weighted by Gasteiger charge is -2.17. The molecule has 1 amide bonds. The molecule has 0 aliphatic carbocycles. The van der Waals surface area contributed by atoms with Crippen LogP contribution < -0.4 is 10.5 Å². The second-order valence-corrected chi connectivity index (χ2v) is 5.42. The van der Waals surface area contributed by atoms with Gasteiger partial charge in [0.2, 0.25) is 5.91 Å². The van der Waals surface area contributed by atoms with Crippen LogP contribution in [-0.4, -0.2) is 37.0 Å². The minimum atomic E-state index is 0. The van der Waals surface area contributed by atoms with Gasteiger partial charge in [0.25, 0.3) is 0 Å². The van der Waals surface area contributed by atoms with Gasteiger partial charge in [0, 0.05) is 31.1 Å². The zero-order valence-corrected chi connectivity index (χ0v) is 14.1. The molecule has 1 aromatic carbocycles. The Hall–Kier alpha value is -0.970. The summed E-state index contributed by atoms with van der Waals surface area (Å²) in [6.07, 6.45) is 2.03. The molecule has 0 fully saturated rings. The lowest BCUT2D eigenvalue weighted by Crippen LogP contribution is -2.30. The molecular formula is C15H24Cl2N2O2. The number of ether oxygens (including phenoxy) is 1. The van der Waals surface area contributed by atoms with Crippen LogP contribution in [0, 0.1) is 0 Å². The number of hydrogen-bond donors (Lipinski definition) is 1. The Morgan fingerprint density at radius 2 is 2.00 bits per heavy atom. The van der Waals surface area contributed by atoms with Crippen LogP contribution in [0.2, 0.25) is 5.02 Å². The van der Waals surface area contributed by atoms with E-state index in [0.29, 0.717) is 24.6 Å². The van der Waals surface area contributed by atoms with Gasteiger partial charge in [-0.1, -0.05) is 11.6 Å². The molecule has 1 rings (SSSR count). The van der Waals surface area contributed by atoms with Crippen molar-refractivity contribution < 1.29 is 9.53 Å². The normalized spacial score (nSPS) is 11.4. The van der Waals surface area contributed by atoms with Crippen molar-refractivity contribution >= 4 is 29.9 Å². The van der Waals surface area contributed by atoms with E-state index >= 15 is 0 Å². The number of hydrogen-bond acceptors (Lipinski definition) is 3. The Morgan fingerprint density at radius 3 is 2.57 bits per heavy atom. The summed E-state index contributed by atoms with van der Waals surface area (Å²) in [5.74, 6) is 0.925. The molecule has 120 valence electrons. The van der Waals surface area contributed by atoms with E-state index in [0.717, 1.165) is 18.6 Å². The van der Waals surface area contributed by atoms with Crippen molar-refractivity contribution in [2.75, 3.05) is 20.2 Å². The minimum Gasteiger partial charge on any atom is -0.494 e. The van der Waals surface area contributed by atoms with E-state index in [-0.39, 0.29) is 24.4 Å². The van der Waals surface area contributed by atoms with Gasteiger partial charge >= 0.3 is 0 Å². The van der Waals surface area contributed by atoms with Crippen molar-refractivity contribution in [3.8, 4) is 5.75 Å². The molecule has 0 radical (unpaired) electrons. The van der Waals surface area contributed by atoms with Gasteiger partial charge in [0.05, 0.1) is 6.61 Å². The summed E-state index contributed by atoms with van der Waals surface area (Å²) in [6, 6.07) is 7.32. The maximum atomic E-state index is 11.8. The van der Waals surface area contributed by atoms with Crippen molar-refractivity contribution in [3.05, 3.63) is 29.3 Å². The van der Waals surface area contributed by atoms with Crippen LogP contribution in [0.1, 0.15) is 26.2 Å². The first-order valence-electron chi connectivity index (χ1n) is 6.87. The summed E-state index contributed by atoms with van der Waals surface area (Å²) in [5, 5.41) is 0.691. The van der Waals surface area contributed by atoms with Crippen LogP contribution in [0.4, 0.5) is 0 Å². The van der Waals surface area contributed by atoms with Crippen molar-refractivity contribution in [2.45, 2.75) is 32.2 Å². The monoisotopic (exact) mass is 334 g/mol. The Kier molecular flexibility index (Phi) is 10.2. The molecule has 1 aromatic rings. The third-order valence-electron chi connectivity index (χ3n) is 2.96. The van der Waals surface area contributed by atoms with Gasteiger partial charge in [-0.05, 0) is 44.0 Å². The summed E-state index contributed by atoms with van der Waals surface area (Å²) >= 11 is 5.79. The zero-order chi connectivity index (χ0) is 15.0.